The minimum Gasteiger partial charge on any atom is -0.481 e. The Bertz CT molecular complexity index is 872. The van der Waals surface area contributed by atoms with Crippen LogP contribution in [0.4, 0.5) is 0 Å². The molecule has 0 unspecified atom stereocenters. The number of hydrogen-bond donors (Lipinski definition) is 0. The van der Waals surface area contributed by atoms with Crippen molar-refractivity contribution in [1.29, 1.82) is 0 Å². The molecular weight excluding hydrogens is 394 g/mol. The van der Waals surface area contributed by atoms with Crippen LogP contribution < -0.4 is 4.67 Å². The molecule has 1 amide bonds. The first kappa shape index (κ1) is 23.2. The summed E-state index contributed by atoms with van der Waals surface area (Å²) in [6, 6.07) is 0. The summed E-state index contributed by atoms with van der Waals surface area (Å²) in [5, 5.41) is 0. The summed E-state index contributed by atoms with van der Waals surface area (Å²) in [6.45, 7) is 16.8. The molecule has 0 N–H and O–H groups in total. The number of carbonyl (C=O) groups is 1. The Morgan fingerprint density at radius 2 is 2.10 bits per heavy atom. The number of aliphatic imine (C=N–C) groups is 1. The number of nitrogens with zero attached hydrogens (tertiary/aromatic N) is 3. The molecule has 0 saturated heterocycles. The van der Waals surface area contributed by atoms with Crippen LogP contribution >= 0.6 is 11.5 Å². The van der Waals surface area contributed by atoms with Crippen molar-refractivity contribution in [2.75, 3.05) is 13.2 Å². The van der Waals surface area contributed by atoms with E-state index < -0.39 is 5.41 Å². The Morgan fingerprint density at radius 1 is 1.37 bits per heavy atom. The van der Waals surface area contributed by atoms with Crippen LogP contribution in [0.3, 0.4) is 0 Å². The van der Waals surface area contributed by atoms with Crippen LogP contribution in [0.1, 0.15) is 86.1 Å². The third-order valence-corrected chi connectivity index (χ3v) is 8.59. The molecule has 1 aliphatic heterocycles. The number of aryl methyl sites for hydroxylation is 1. The summed E-state index contributed by atoms with van der Waals surface area (Å²) < 4.78 is 9.02. The van der Waals surface area contributed by atoms with Crippen molar-refractivity contribution in [2.45, 2.75) is 92.5 Å². The van der Waals surface area contributed by atoms with Gasteiger partial charge in [0.05, 0.1) is 12.0 Å². The number of carbonyl (C=O) groups excluding carboxylic acids is 1. The van der Waals surface area contributed by atoms with Crippen molar-refractivity contribution in [3.05, 3.63) is 16.4 Å². The summed E-state index contributed by atoms with van der Waals surface area (Å²) in [7, 11) is 0. The molecule has 0 bridgehead atoms. The number of ether oxygens (including phenoxy) is 1. The maximum atomic E-state index is 13.6. The molecular formula is C24H39N3O2S. The van der Waals surface area contributed by atoms with Crippen LogP contribution in [0.2, 0.25) is 0 Å². The zero-order valence-electron chi connectivity index (χ0n) is 19.9. The summed E-state index contributed by atoms with van der Waals surface area (Å²) >= 11 is 1.61. The number of amides is 1. The molecule has 6 heteroatoms. The summed E-state index contributed by atoms with van der Waals surface area (Å²) in [5.41, 5.74) is 0.422. The van der Waals surface area contributed by atoms with Gasteiger partial charge < -0.3 is 4.74 Å². The van der Waals surface area contributed by atoms with Crippen LogP contribution in [0.15, 0.2) is 16.2 Å². The zero-order chi connectivity index (χ0) is 22.2. The van der Waals surface area contributed by atoms with Gasteiger partial charge in [0, 0.05) is 36.2 Å². The van der Waals surface area contributed by atoms with Crippen molar-refractivity contribution >= 4 is 23.3 Å². The maximum Gasteiger partial charge on any atom is 0.253 e. The van der Waals surface area contributed by atoms with Gasteiger partial charge in [-0.25, -0.2) is 4.99 Å². The molecule has 0 aromatic carbocycles. The molecule has 168 valence electrons. The van der Waals surface area contributed by atoms with E-state index in [4.69, 9.17) is 9.73 Å². The average molecular weight is 434 g/mol. The van der Waals surface area contributed by atoms with Gasteiger partial charge in [-0.15, -0.1) is 0 Å². The quantitative estimate of drug-likeness (QED) is 0.630. The predicted molar refractivity (Wildman–Crippen MR) is 124 cm³/mol. The lowest BCUT2D eigenvalue weighted by Crippen LogP contribution is -2.43. The van der Waals surface area contributed by atoms with E-state index in [1.54, 1.807) is 11.5 Å². The molecule has 1 fully saturated rings. The average Bonchev–Trinajstić information content (AvgIpc) is 3.20. The first-order chi connectivity index (χ1) is 14.0. The largest absolute Gasteiger partial charge is 0.481 e. The molecule has 0 radical (unpaired) electrons. The van der Waals surface area contributed by atoms with Crippen LogP contribution in [-0.2, 0) is 21.5 Å². The van der Waals surface area contributed by atoms with Gasteiger partial charge in [0.15, 0.2) is 5.90 Å². The third-order valence-electron chi connectivity index (χ3n) is 7.21. The second-order valence-electron chi connectivity index (χ2n) is 10.6. The third kappa shape index (κ3) is 4.30. The van der Waals surface area contributed by atoms with Gasteiger partial charge in [0.1, 0.15) is 4.67 Å². The van der Waals surface area contributed by atoms with E-state index in [0.29, 0.717) is 0 Å². The Hall–Kier alpha value is -1.43. The molecule has 2 heterocycles. The normalized spacial score (nSPS) is 27.1. The van der Waals surface area contributed by atoms with Crippen molar-refractivity contribution < 1.29 is 9.53 Å². The summed E-state index contributed by atoms with van der Waals surface area (Å²) in [5.74, 6) is 1.05. The second-order valence-corrected chi connectivity index (χ2v) is 11.6. The van der Waals surface area contributed by atoms with Gasteiger partial charge >= 0.3 is 0 Å². The Morgan fingerprint density at radius 3 is 2.70 bits per heavy atom. The minimum atomic E-state index is -0.514. The van der Waals surface area contributed by atoms with Gasteiger partial charge in [-0.05, 0) is 63.4 Å². The lowest BCUT2D eigenvalue weighted by Gasteiger charge is -2.39. The van der Waals surface area contributed by atoms with E-state index in [0.717, 1.165) is 62.2 Å². The first-order valence-corrected chi connectivity index (χ1v) is 12.3. The molecule has 2 aliphatic rings. The Kier molecular flexibility index (Phi) is 6.66. The van der Waals surface area contributed by atoms with Crippen molar-refractivity contribution in [1.82, 2.24) is 3.96 Å². The lowest BCUT2D eigenvalue weighted by molar-refractivity contribution is -0.132. The fraction of sp³-hybridized carbons (Fsp3) is 0.792. The smallest absolute Gasteiger partial charge is 0.253 e. The fourth-order valence-electron chi connectivity index (χ4n) is 4.55. The van der Waals surface area contributed by atoms with Gasteiger partial charge in [0.2, 0.25) is 0 Å². The molecule has 2 atom stereocenters. The summed E-state index contributed by atoms with van der Waals surface area (Å²) in [4.78, 5) is 23.0. The number of rotatable bonds is 5. The van der Waals surface area contributed by atoms with E-state index in [-0.39, 0.29) is 22.8 Å². The van der Waals surface area contributed by atoms with Gasteiger partial charge in [-0.3, -0.25) is 13.7 Å². The van der Waals surface area contributed by atoms with E-state index in [1.807, 2.05) is 0 Å². The number of unbranched alkanes of at least 4 members (excludes halogenated alkanes) is 1. The van der Waals surface area contributed by atoms with Crippen molar-refractivity contribution in [3.63, 3.8) is 0 Å². The van der Waals surface area contributed by atoms with Gasteiger partial charge in [-0.2, -0.15) is 0 Å². The van der Waals surface area contributed by atoms with Gasteiger partial charge in [-0.1, -0.05) is 34.1 Å². The van der Waals surface area contributed by atoms with E-state index >= 15 is 0 Å². The molecule has 3 rings (SSSR count). The van der Waals surface area contributed by atoms with Crippen LogP contribution in [-0.4, -0.2) is 28.9 Å². The number of hydrogen-bond acceptors (Lipinski definition) is 4. The lowest BCUT2D eigenvalue weighted by atomic mass is 9.65. The molecule has 1 aromatic rings. The van der Waals surface area contributed by atoms with E-state index in [2.05, 4.69) is 63.6 Å². The van der Waals surface area contributed by atoms with E-state index in [9.17, 15) is 4.79 Å². The molecule has 1 aromatic heterocycles. The van der Waals surface area contributed by atoms with Crippen molar-refractivity contribution in [3.8, 4) is 0 Å². The highest BCUT2D eigenvalue weighted by Crippen LogP contribution is 2.57. The second kappa shape index (κ2) is 8.60. The van der Waals surface area contributed by atoms with E-state index in [1.165, 1.54) is 5.56 Å². The topological polar surface area (TPSA) is 56.0 Å². The Balaban J connectivity index is 1.95. The Labute approximate surface area is 185 Å². The highest BCUT2D eigenvalue weighted by molar-refractivity contribution is 7.04. The highest BCUT2D eigenvalue weighted by atomic mass is 32.1. The maximum absolute atomic E-state index is 13.6. The zero-order valence-corrected chi connectivity index (χ0v) is 20.7. The summed E-state index contributed by atoms with van der Waals surface area (Å²) in [6.07, 6.45) is 8.14. The monoisotopic (exact) mass is 433 g/mol. The minimum absolute atomic E-state index is 0.00654. The van der Waals surface area contributed by atoms with Gasteiger partial charge in [0.25, 0.3) is 5.91 Å². The van der Waals surface area contributed by atoms with Crippen LogP contribution in [0, 0.1) is 16.7 Å². The van der Waals surface area contributed by atoms with Crippen LogP contribution in [0.25, 0.3) is 0 Å². The fourth-order valence-corrected chi connectivity index (χ4v) is 5.59. The first-order valence-electron chi connectivity index (χ1n) is 11.5. The molecule has 0 spiro atoms. The SMILES string of the molecule is CCCCc1cn(C(C)(C)C)s/c1=N\C(=O)[C@@]1(C)CC[C@@H](C2=NCCCO2)C1(C)C. The standard InChI is InChI=1S/C24H39N3O2S/c1-8-9-11-17-16-27(22(2,3)4)30-20(17)26-21(28)24(7)13-12-18(23(24,5)6)19-25-14-10-15-29-19/h16,18H,8-15H2,1-7H3/b26-20-/t18-,24+/m0/s1. The molecule has 5 nitrogen and oxygen atoms in total. The van der Waals surface area contributed by atoms with Crippen molar-refractivity contribution in [2.24, 2.45) is 26.7 Å². The molecule has 1 saturated carbocycles. The highest BCUT2D eigenvalue weighted by Gasteiger charge is 2.58. The predicted octanol–water partition coefficient (Wildman–Crippen LogP) is 5.34. The van der Waals surface area contributed by atoms with Crippen LogP contribution in [0.5, 0.6) is 0 Å². The molecule has 30 heavy (non-hydrogen) atoms. The molecule has 1 aliphatic carbocycles. The number of aromatic nitrogens is 1.